The molecule has 0 bridgehead atoms. The minimum absolute atomic E-state index is 0.200. The fraction of sp³-hybridized carbons (Fsp3) is 0.429. The van der Waals surface area contributed by atoms with Crippen molar-refractivity contribution in [2.75, 3.05) is 5.32 Å². The largest absolute Gasteiger partial charge is 0.481 e. The lowest BCUT2D eigenvalue weighted by atomic mass is 9.95. The smallest absolute Gasteiger partial charge is 0.307 e. The van der Waals surface area contributed by atoms with Crippen molar-refractivity contribution in [1.82, 2.24) is 0 Å². The fourth-order valence-electron chi connectivity index (χ4n) is 2.52. The van der Waals surface area contributed by atoms with E-state index < -0.39 is 17.8 Å². The Labute approximate surface area is 120 Å². The number of carbonyl (C=O) groups excluding carboxylic acids is 1. The SMILES string of the molecule is Cc1ccc(NC(=O)[C@@H]2CCC[C@@H]2C(=O)O)c(Br)c1. The summed E-state index contributed by atoms with van der Waals surface area (Å²) in [5.74, 6) is -2.05. The number of benzene rings is 1. The van der Waals surface area contributed by atoms with Gasteiger partial charge in [-0.1, -0.05) is 12.5 Å². The molecule has 0 aliphatic heterocycles. The molecule has 1 aliphatic rings. The Kier molecular flexibility index (Phi) is 4.24. The summed E-state index contributed by atoms with van der Waals surface area (Å²) in [6.07, 6.45) is 2.03. The molecule has 1 aromatic rings. The van der Waals surface area contributed by atoms with Crippen molar-refractivity contribution in [3.8, 4) is 0 Å². The van der Waals surface area contributed by atoms with E-state index in [4.69, 9.17) is 5.11 Å². The van der Waals surface area contributed by atoms with Crippen LogP contribution >= 0.6 is 15.9 Å². The van der Waals surface area contributed by atoms with E-state index in [0.717, 1.165) is 16.5 Å². The molecule has 2 atom stereocenters. The van der Waals surface area contributed by atoms with E-state index in [9.17, 15) is 9.59 Å². The molecule has 5 heteroatoms. The molecule has 1 saturated carbocycles. The molecule has 0 heterocycles. The Balaban J connectivity index is 2.10. The maximum Gasteiger partial charge on any atom is 0.307 e. The van der Waals surface area contributed by atoms with Gasteiger partial charge in [0.15, 0.2) is 0 Å². The maximum atomic E-state index is 12.2. The van der Waals surface area contributed by atoms with Crippen LogP contribution in [0.3, 0.4) is 0 Å². The third-order valence-corrected chi connectivity index (χ3v) is 4.21. The van der Waals surface area contributed by atoms with E-state index in [1.54, 1.807) is 0 Å². The van der Waals surface area contributed by atoms with E-state index in [1.807, 2.05) is 25.1 Å². The van der Waals surface area contributed by atoms with Crippen LogP contribution in [-0.2, 0) is 9.59 Å². The summed E-state index contributed by atoms with van der Waals surface area (Å²) in [6, 6.07) is 5.64. The lowest BCUT2D eigenvalue weighted by Gasteiger charge is -2.16. The topological polar surface area (TPSA) is 66.4 Å². The number of nitrogens with one attached hydrogen (secondary N) is 1. The Morgan fingerprint density at radius 2 is 2.00 bits per heavy atom. The molecule has 4 nitrogen and oxygen atoms in total. The molecule has 2 rings (SSSR count). The lowest BCUT2D eigenvalue weighted by Crippen LogP contribution is -2.30. The Hall–Kier alpha value is -1.36. The minimum Gasteiger partial charge on any atom is -0.481 e. The summed E-state index contributed by atoms with van der Waals surface area (Å²) >= 11 is 3.40. The quantitative estimate of drug-likeness (QED) is 0.896. The van der Waals surface area contributed by atoms with E-state index in [-0.39, 0.29) is 5.91 Å². The molecule has 1 fully saturated rings. The summed E-state index contributed by atoms with van der Waals surface area (Å²) in [5.41, 5.74) is 1.78. The molecule has 1 aromatic carbocycles. The third-order valence-electron chi connectivity index (χ3n) is 3.55. The second-order valence-electron chi connectivity index (χ2n) is 4.95. The molecule has 2 N–H and O–H groups in total. The first kappa shape index (κ1) is 14.1. The summed E-state index contributed by atoms with van der Waals surface area (Å²) in [5, 5.41) is 11.9. The molecule has 0 unspecified atom stereocenters. The number of carbonyl (C=O) groups is 2. The molecule has 1 amide bonds. The molecule has 0 radical (unpaired) electrons. The first-order valence-corrected chi connectivity index (χ1v) is 7.08. The number of amides is 1. The number of halogens is 1. The Morgan fingerprint density at radius 3 is 2.63 bits per heavy atom. The van der Waals surface area contributed by atoms with Crippen LogP contribution in [0.1, 0.15) is 24.8 Å². The van der Waals surface area contributed by atoms with Gasteiger partial charge in [0.1, 0.15) is 0 Å². The highest BCUT2D eigenvalue weighted by atomic mass is 79.9. The van der Waals surface area contributed by atoms with Crippen molar-refractivity contribution < 1.29 is 14.7 Å². The van der Waals surface area contributed by atoms with Gasteiger partial charge < -0.3 is 10.4 Å². The minimum atomic E-state index is -0.874. The van der Waals surface area contributed by atoms with Gasteiger partial charge in [-0.2, -0.15) is 0 Å². The van der Waals surface area contributed by atoms with Gasteiger partial charge >= 0.3 is 5.97 Å². The first-order chi connectivity index (χ1) is 8.99. The van der Waals surface area contributed by atoms with Crippen LogP contribution < -0.4 is 5.32 Å². The predicted molar refractivity (Wildman–Crippen MR) is 76.0 cm³/mol. The highest BCUT2D eigenvalue weighted by Crippen LogP contribution is 2.33. The van der Waals surface area contributed by atoms with Crippen molar-refractivity contribution in [2.24, 2.45) is 11.8 Å². The normalized spacial score (nSPS) is 22.2. The zero-order valence-corrected chi connectivity index (χ0v) is 12.2. The van der Waals surface area contributed by atoms with E-state index >= 15 is 0 Å². The number of hydrogen-bond acceptors (Lipinski definition) is 2. The van der Waals surface area contributed by atoms with Crippen LogP contribution in [0, 0.1) is 18.8 Å². The first-order valence-electron chi connectivity index (χ1n) is 6.29. The number of aliphatic carboxylic acids is 1. The predicted octanol–water partition coefficient (Wildman–Crippen LogP) is 3.20. The van der Waals surface area contributed by atoms with Crippen LogP contribution in [0.2, 0.25) is 0 Å². The van der Waals surface area contributed by atoms with E-state index in [0.29, 0.717) is 18.5 Å². The Bertz CT molecular complexity index is 515. The van der Waals surface area contributed by atoms with Gasteiger partial charge in [-0.25, -0.2) is 0 Å². The number of rotatable bonds is 3. The number of carboxylic acids is 1. The highest BCUT2D eigenvalue weighted by Gasteiger charge is 2.37. The van der Waals surface area contributed by atoms with Crippen LogP contribution in [0.4, 0.5) is 5.69 Å². The van der Waals surface area contributed by atoms with Crippen molar-refractivity contribution >= 4 is 33.5 Å². The number of anilines is 1. The summed E-state index contributed by atoms with van der Waals surface area (Å²) in [7, 11) is 0. The van der Waals surface area contributed by atoms with Gasteiger partial charge in [-0.15, -0.1) is 0 Å². The van der Waals surface area contributed by atoms with Gasteiger partial charge in [0, 0.05) is 4.47 Å². The van der Waals surface area contributed by atoms with Crippen molar-refractivity contribution in [3.63, 3.8) is 0 Å². The molecular weight excluding hydrogens is 310 g/mol. The summed E-state index contributed by atoms with van der Waals surface area (Å²) < 4.78 is 0.811. The molecule has 1 aliphatic carbocycles. The van der Waals surface area contributed by atoms with Crippen LogP contribution in [0.25, 0.3) is 0 Å². The monoisotopic (exact) mass is 325 g/mol. The van der Waals surface area contributed by atoms with Gasteiger partial charge in [0.2, 0.25) is 5.91 Å². The van der Waals surface area contributed by atoms with Gasteiger partial charge in [0.25, 0.3) is 0 Å². The highest BCUT2D eigenvalue weighted by molar-refractivity contribution is 9.10. The van der Waals surface area contributed by atoms with Crippen molar-refractivity contribution in [1.29, 1.82) is 0 Å². The fourth-order valence-corrected chi connectivity index (χ4v) is 3.11. The molecule has 0 aromatic heterocycles. The average Bonchev–Trinajstić information content (AvgIpc) is 2.82. The second-order valence-corrected chi connectivity index (χ2v) is 5.81. The summed E-state index contributed by atoms with van der Waals surface area (Å²) in [6.45, 7) is 1.97. The van der Waals surface area contributed by atoms with Crippen LogP contribution in [0.15, 0.2) is 22.7 Å². The Morgan fingerprint density at radius 1 is 1.32 bits per heavy atom. The van der Waals surface area contributed by atoms with Crippen LogP contribution in [-0.4, -0.2) is 17.0 Å². The molecular formula is C14H16BrNO3. The van der Waals surface area contributed by atoms with E-state index in [2.05, 4.69) is 21.2 Å². The third kappa shape index (κ3) is 3.15. The van der Waals surface area contributed by atoms with Crippen molar-refractivity contribution in [3.05, 3.63) is 28.2 Å². The number of hydrogen-bond donors (Lipinski definition) is 2. The second kappa shape index (κ2) is 5.74. The number of carboxylic acid groups (broad SMARTS) is 1. The van der Waals surface area contributed by atoms with Gasteiger partial charge in [0.05, 0.1) is 17.5 Å². The molecule has 19 heavy (non-hydrogen) atoms. The van der Waals surface area contributed by atoms with Gasteiger partial charge in [-0.3, -0.25) is 9.59 Å². The lowest BCUT2D eigenvalue weighted by molar-refractivity contribution is -0.145. The zero-order chi connectivity index (χ0) is 14.0. The molecule has 102 valence electrons. The van der Waals surface area contributed by atoms with Crippen molar-refractivity contribution in [2.45, 2.75) is 26.2 Å². The standard InChI is InChI=1S/C14H16BrNO3/c1-8-5-6-12(11(15)7-8)16-13(17)9-3-2-4-10(9)14(18)19/h5-7,9-10H,2-4H2,1H3,(H,16,17)(H,18,19)/t9-,10+/m1/s1. The zero-order valence-electron chi connectivity index (χ0n) is 10.6. The summed E-state index contributed by atoms with van der Waals surface area (Å²) in [4.78, 5) is 23.3. The number of aryl methyl sites for hydroxylation is 1. The van der Waals surface area contributed by atoms with Crippen LogP contribution in [0.5, 0.6) is 0 Å². The van der Waals surface area contributed by atoms with Gasteiger partial charge in [-0.05, 0) is 53.4 Å². The van der Waals surface area contributed by atoms with E-state index in [1.165, 1.54) is 0 Å². The average molecular weight is 326 g/mol. The molecule has 0 saturated heterocycles. The maximum absolute atomic E-state index is 12.2. The molecule has 0 spiro atoms.